The zero-order valence-electron chi connectivity index (χ0n) is 22.3. The average molecular weight is 625 g/mol. The number of carboxylic acids is 1. The molecule has 0 unspecified atom stereocenters. The van der Waals surface area contributed by atoms with Crippen LogP contribution in [0.5, 0.6) is 23.0 Å². The zero-order valence-corrected chi connectivity index (χ0v) is 22.3. The molecule has 1 aromatic heterocycles. The lowest BCUT2D eigenvalue weighted by Gasteiger charge is -2.42. The van der Waals surface area contributed by atoms with Crippen molar-refractivity contribution in [3.8, 4) is 34.3 Å². The topological polar surface area (TPSA) is 286 Å². The van der Waals surface area contributed by atoms with Crippen LogP contribution in [0.4, 0.5) is 0 Å². The third-order valence-electron chi connectivity index (χ3n) is 7.20. The SMILES string of the molecule is O=C(O)[C@@H]1O[C@H](OC[C@H]2O[C@@H](Oc3cc(O)c4c(=O)cc(-c5ccc(O)c(O)c5)oc4c3)[C@H](O)[C@@H](O)[C@@H]2O)[C@H](O)[C@H](O)[C@H]1O. The Hall–Kier alpha value is -4.04. The van der Waals surface area contributed by atoms with Crippen LogP contribution in [-0.2, 0) is 19.0 Å². The summed E-state index contributed by atoms with van der Waals surface area (Å²) in [5.74, 6) is -3.41. The van der Waals surface area contributed by atoms with Gasteiger partial charge in [-0.25, -0.2) is 4.79 Å². The summed E-state index contributed by atoms with van der Waals surface area (Å²) < 4.78 is 27.1. The molecular weight excluding hydrogens is 596 g/mol. The molecule has 2 fully saturated rings. The van der Waals surface area contributed by atoms with Crippen LogP contribution >= 0.6 is 0 Å². The van der Waals surface area contributed by atoms with Crippen LogP contribution in [0, 0.1) is 0 Å². The van der Waals surface area contributed by atoms with Crippen molar-refractivity contribution in [2.45, 2.75) is 61.4 Å². The summed E-state index contributed by atoms with van der Waals surface area (Å²) in [5, 5.41) is 100. The molecule has 44 heavy (non-hydrogen) atoms. The number of rotatable bonds is 7. The number of ether oxygens (including phenoxy) is 4. The van der Waals surface area contributed by atoms with E-state index in [9.17, 15) is 60.7 Å². The lowest BCUT2D eigenvalue weighted by atomic mass is 9.98. The van der Waals surface area contributed by atoms with Crippen LogP contribution in [0.25, 0.3) is 22.3 Å². The second-order valence-corrected chi connectivity index (χ2v) is 10.2. The van der Waals surface area contributed by atoms with Gasteiger partial charge in [-0.05, 0) is 18.2 Å². The van der Waals surface area contributed by atoms with Crippen molar-refractivity contribution in [1.82, 2.24) is 0 Å². The molecule has 17 heteroatoms. The van der Waals surface area contributed by atoms with Crippen molar-refractivity contribution in [2.75, 3.05) is 6.61 Å². The number of benzene rings is 2. The van der Waals surface area contributed by atoms with E-state index in [1.54, 1.807) is 0 Å². The quantitative estimate of drug-likeness (QED) is 0.123. The standard InChI is InChI=1S/C27H28O17/c28-10-2-1-8(3-11(10)29)14-6-13(31)17-12(30)4-9(5-15(17)42-14)41-27-23(37)19(33)18(32)16(43-27)7-40-26-22(36)20(34)21(35)24(44-26)25(38)39/h1-6,16,18-24,26-30,32-37H,7H2,(H,38,39)/t16-,18-,19+,20-,21-,22-,23-,24-,26+,27-/m1/s1. The van der Waals surface area contributed by atoms with E-state index in [2.05, 4.69) is 0 Å². The Morgan fingerprint density at radius 2 is 1.43 bits per heavy atom. The average Bonchev–Trinajstić information content (AvgIpc) is 2.97. The fraction of sp³-hybridized carbons (Fsp3) is 0.407. The number of phenols is 3. The molecule has 3 aromatic rings. The fourth-order valence-electron chi connectivity index (χ4n) is 4.80. The fourth-order valence-corrected chi connectivity index (χ4v) is 4.80. The van der Waals surface area contributed by atoms with E-state index in [-0.39, 0.29) is 28.0 Å². The van der Waals surface area contributed by atoms with Crippen molar-refractivity contribution >= 4 is 16.9 Å². The van der Waals surface area contributed by atoms with Crippen molar-refractivity contribution in [3.63, 3.8) is 0 Å². The molecule has 0 bridgehead atoms. The third-order valence-corrected chi connectivity index (χ3v) is 7.20. The molecule has 2 aromatic carbocycles. The molecule has 0 amide bonds. The van der Waals surface area contributed by atoms with Gasteiger partial charge >= 0.3 is 5.97 Å². The molecule has 2 aliphatic heterocycles. The molecule has 0 radical (unpaired) electrons. The van der Waals surface area contributed by atoms with E-state index >= 15 is 0 Å². The molecular formula is C27H28O17. The van der Waals surface area contributed by atoms with E-state index in [1.165, 1.54) is 12.1 Å². The van der Waals surface area contributed by atoms with Gasteiger partial charge in [0.1, 0.15) is 71.0 Å². The Balaban J connectivity index is 1.36. The van der Waals surface area contributed by atoms with Crippen LogP contribution in [0.15, 0.2) is 45.6 Å². The Morgan fingerprint density at radius 1 is 0.750 bits per heavy atom. The Morgan fingerprint density at radius 3 is 2.11 bits per heavy atom. The van der Waals surface area contributed by atoms with Gasteiger partial charge in [0.15, 0.2) is 29.3 Å². The van der Waals surface area contributed by atoms with Crippen molar-refractivity contribution in [1.29, 1.82) is 0 Å². The van der Waals surface area contributed by atoms with E-state index < -0.39 is 96.7 Å². The number of phenolic OH excluding ortho intramolecular Hbond substituents is 3. The molecule has 10 atom stereocenters. The van der Waals surface area contributed by atoms with Gasteiger partial charge in [0.05, 0.1) is 6.61 Å². The first-order valence-corrected chi connectivity index (χ1v) is 13.0. The van der Waals surface area contributed by atoms with Crippen LogP contribution in [0.2, 0.25) is 0 Å². The van der Waals surface area contributed by atoms with Crippen LogP contribution in [-0.4, -0.2) is 125 Å². The number of aliphatic hydroxyl groups excluding tert-OH is 6. The number of carboxylic acid groups (broad SMARTS) is 1. The van der Waals surface area contributed by atoms with E-state index in [4.69, 9.17) is 23.4 Å². The minimum atomic E-state index is -1.97. The minimum absolute atomic E-state index is 0.0473. The summed E-state index contributed by atoms with van der Waals surface area (Å²) in [6, 6.07) is 6.88. The van der Waals surface area contributed by atoms with Crippen molar-refractivity contribution < 1.29 is 79.2 Å². The maximum atomic E-state index is 12.7. The van der Waals surface area contributed by atoms with Gasteiger partial charge < -0.3 is 74.4 Å². The zero-order chi connectivity index (χ0) is 32.0. The highest BCUT2D eigenvalue weighted by molar-refractivity contribution is 5.86. The van der Waals surface area contributed by atoms with Crippen molar-refractivity contribution in [3.05, 3.63) is 46.6 Å². The second kappa shape index (κ2) is 12.2. The van der Waals surface area contributed by atoms with E-state index in [0.717, 1.165) is 24.3 Å². The number of aliphatic hydroxyl groups is 6. The second-order valence-electron chi connectivity index (χ2n) is 10.2. The third kappa shape index (κ3) is 5.87. The van der Waals surface area contributed by atoms with E-state index in [1.807, 2.05) is 0 Å². The Bertz CT molecular complexity index is 1590. The van der Waals surface area contributed by atoms with Crippen molar-refractivity contribution in [2.24, 2.45) is 0 Å². The lowest BCUT2D eigenvalue weighted by Crippen LogP contribution is -2.62. The predicted molar refractivity (Wildman–Crippen MR) is 140 cm³/mol. The van der Waals surface area contributed by atoms with Crippen LogP contribution < -0.4 is 10.2 Å². The summed E-state index contributed by atoms with van der Waals surface area (Å²) in [6.07, 6.45) is -18.4. The summed E-state index contributed by atoms with van der Waals surface area (Å²) >= 11 is 0. The highest BCUT2D eigenvalue weighted by Crippen LogP contribution is 2.35. The summed E-state index contributed by atoms with van der Waals surface area (Å²) in [4.78, 5) is 24.1. The molecule has 0 spiro atoms. The molecule has 17 nitrogen and oxygen atoms in total. The monoisotopic (exact) mass is 624 g/mol. The number of hydrogen-bond acceptors (Lipinski definition) is 16. The normalized spacial score (nSPS) is 32.4. The van der Waals surface area contributed by atoms with Gasteiger partial charge in [-0.3, -0.25) is 4.79 Å². The maximum absolute atomic E-state index is 12.7. The molecule has 238 valence electrons. The number of hydrogen-bond donors (Lipinski definition) is 10. The Kier molecular flexibility index (Phi) is 8.67. The van der Waals surface area contributed by atoms with Crippen LogP contribution in [0.1, 0.15) is 0 Å². The van der Waals surface area contributed by atoms with Gasteiger partial charge in [-0.15, -0.1) is 0 Å². The summed E-state index contributed by atoms with van der Waals surface area (Å²) in [5.41, 5.74) is -0.657. The van der Waals surface area contributed by atoms with Gasteiger partial charge in [0, 0.05) is 23.8 Å². The number of carbonyl (C=O) groups is 1. The first kappa shape index (κ1) is 31.4. The first-order chi connectivity index (χ1) is 20.8. The predicted octanol–water partition coefficient (Wildman–Crippen LogP) is -2.33. The van der Waals surface area contributed by atoms with Gasteiger partial charge in [0.2, 0.25) is 6.29 Å². The number of aromatic hydroxyl groups is 3. The largest absolute Gasteiger partial charge is 0.507 e. The summed E-state index contributed by atoms with van der Waals surface area (Å²) in [7, 11) is 0. The highest BCUT2D eigenvalue weighted by atomic mass is 16.7. The van der Waals surface area contributed by atoms with Gasteiger partial charge in [-0.1, -0.05) is 0 Å². The molecule has 3 heterocycles. The van der Waals surface area contributed by atoms with Gasteiger partial charge in [-0.2, -0.15) is 0 Å². The maximum Gasteiger partial charge on any atom is 0.335 e. The molecule has 10 N–H and O–H groups in total. The van der Waals surface area contributed by atoms with Gasteiger partial charge in [0.25, 0.3) is 0 Å². The van der Waals surface area contributed by atoms with Crippen LogP contribution in [0.3, 0.4) is 0 Å². The molecule has 2 saturated heterocycles. The molecule has 0 saturated carbocycles. The smallest absolute Gasteiger partial charge is 0.335 e. The molecule has 0 aliphatic carbocycles. The first-order valence-electron chi connectivity index (χ1n) is 13.0. The van der Waals surface area contributed by atoms with E-state index in [0.29, 0.717) is 0 Å². The highest BCUT2D eigenvalue weighted by Gasteiger charge is 2.49. The molecule has 2 aliphatic rings. The Labute approximate surface area is 245 Å². The summed E-state index contributed by atoms with van der Waals surface area (Å²) in [6.45, 7) is -0.706. The minimum Gasteiger partial charge on any atom is -0.507 e. The lowest BCUT2D eigenvalue weighted by molar-refractivity contribution is -0.318. The molecule has 5 rings (SSSR count). The number of fused-ring (bicyclic) bond motifs is 1. The number of aliphatic carboxylic acids is 1.